The van der Waals surface area contributed by atoms with Crippen LogP contribution in [0.4, 0.5) is 0 Å². The van der Waals surface area contributed by atoms with Gasteiger partial charge in [0.25, 0.3) is 0 Å². The molecule has 0 aromatic heterocycles. The molecule has 0 atom stereocenters. The SMILES string of the molecule is CCOc1c(C=O)ccc2c1C=CC(C)(C)O2. The van der Waals surface area contributed by atoms with Crippen LogP contribution in [-0.2, 0) is 0 Å². The number of hydrogen-bond donors (Lipinski definition) is 0. The van der Waals surface area contributed by atoms with Crippen LogP contribution in [0.1, 0.15) is 36.7 Å². The van der Waals surface area contributed by atoms with Crippen molar-refractivity contribution in [3.8, 4) is 11.5 Å². The molecule has 1 aliphatic heterocycles. The van der Waals surface area contributed by atoms with Gasteiger partial charge in [-0.05, 0) is 45.1 Å². The molecule has 0 fully saturated rings. The maximum Gasteiger partial charge on any atom is 0.153 e. The Labute approximate surface area is 101 Å². The molecule has 90 valence electrons. The lowest BCUT2D eigenvalue weighted by Gasteiger charge is -2.29. The number of carbonyl (C=O) groups excluding carboxylic acids is 1. The van der Waals surface area contributed by atoms with Gasteiger partial charge in [0, 0.05) is 0 Å². The largest absolute Gasteiger partial charge is 0.492 e. The third-order valence-electron chi connectivity index (χ3n) is 2.63. The summed E-state index contributed by atoms with van der Waals surface area (Å²) >= 11 is 0. The zero-order chi connectivity index (χ0) is 12.5. The van der Waals surface area contributed by atoms with Gasteiger partial charge in [-0.2, -0.15) is 0 Å². The summed E-state index contributed by atoms with van der Waals surface area (Å²) in [5.74, 6) is 1.36. The van der Waals surface area contributed by atoms with Gasteiger partial charge in [-0.25, -0.2) is 0 Å². The molecule has 0 spiro atoms. The lowest BCUT2D eigenvalue weighted by atomic mass is 10.00. The molecule has 2 rings (SSSR count). The van der Waals surface area contributed by atoms with E-state index in [0.29, 0.717) is 17.9 Å². The summed E-state index contributed by atoms with van der Waals surface area (Å²) in [4.78, 5) is 11.0. The van der Waals surface area contributed by atoms with Gasteiger partial charge in [0.2, 0.25) is 0 Å². The van der Waals surface area contributed by atoms with E-state index in [1.54, 1.807) is 6.07 Å². The van der Waals surface area contributed by atoms with E-state index in [4.69, 9.17) is 9.47 Å². The van der Waals surface area contributed by atoms with Gasteiger partial charge >= 0.3 is 0 Å². The van der Waals surface area contributed by atoms with Crippen molar-refractivity contribution in [2.75, 3.05) is 6.61 Å². The Balaban J connectivity index is 2.54. The molecule has 0 N–H and O–H groups in total. The maximum atomic E-state index is 11.0. The van der Waals surface area contributed by atoms with Crippen LogP contribution in [0.15, 0.2) is 18.2 Å². The molecule has 0 radical (unpaired) electrons. The highest BCUT2D eigenvalue weighted by Crippen LogP contribution is 2.38. The fourth-order valence-electron chi connectivity index (χ4n) is 1.84. The highest BCUT2D eigenvalue weighted by atomic mass is 16.5. The molecule has 0 saturated carbocycles. The molecule has 1 heterocycles. The van der Waals surface area contributed by atoms with Gasteiger partial charge in [0.1, 0.15) is 17.1 Å². The minimum absolute atomic E-state index is 0.320. The standard InChI is InChI=1S/C14H16O3/c1-4-16-13-10(9-15)5-6-12-11(13)7-8-14(2,3)17-12/h5-9H,4H2,1-3H3. The topological polar surface area (TPSA) is 35.5 Å². The van der Waals surface area contributed by atoms with E-state index in [-0.39, 0.29) is 5.60 Å². The second kappa shape index (κ2) is 4.24. The van der Waals surface area contributed by atoms with Gasteiger partial charge in [0.05, 0.1) is 17.7 Å². The molecule has 3 heteroatoms. The lowest BCUT2D eigenvalue weighted by molar-refractivity contribution is 0.111. The number of ether oxygens (including phenoxy) is 2. The van der Waals surface area contributed by atoms with E-state index in [2.05, 4.69) is 0 Å². The van der Waals surface area contributed by atoms with Crippen molar-refractivity contribution in [3.63, 3.8) is 0 Å². The molecule has 0 saturated heterocycles. The summed E-state index contributed by atoms with van der Waals surface area (Å²) in [6.45, 7) is 6.39. The number of hydrogen-bond acceptors (Lipinski definition) is 3. The van der Waals surface area contributed by atoms with Crippen LogP contribution in [0.5, 0.6) is 11.5 Å². The van der Waals surface area contributed by atoms with Crippen LogP contribution >= 0.6 is 0 Å². The van der Waals surface area contributed by atoms with E-state index in [1.807, 2.05) is 39.0 Å². The quantitative estimate of drug-likeness (QED) is 0.751. The molecule has 3 nitrogen and oxygen atoms in total. The fourth-order valence-corrected chi connectivity index (χ4v) is 1.84. The fraction of sp³-hybridized carbons (Fsp3) is 0.357. The average molecular weight is 232 g/mol. The summed E-state index contributed by atoms with van der Waals surface area (Å²) < 4.78 is 11.4. The molecule has 1 aromatic rings. The van der Waals surface area contributed by atoms with Crippen LogP contribution in [-0.4, -0.2) is 18.5 Å². The van der Waals surface area contributed by atoms with E-state index >= 15 is 0 Å². The van der Waals surface area contributed by atoms with Crippen molar-refractivity contribution >= 4 is 12.4 Å². The van der Waals surface area contributed by atoms with E-state index in [0.717, 1.165) is 17.6 Å². The van der Waals surface area contributed by atoms with Crippen molar-refractivity contribution in [2.24, 2.45) is 0 Å². The normalized spacial score (nSPS) is 15.9. The van der Waals surface area contributed by atoms with Gasteiger partial charge in [-0.3, -0.25) is 4.79 Å². The summed E-state index contributed by atoms with van der Waals surface area (Å²) in [5.41, 5.74) is 1.08. The first kappa shape index (κ1) is 11.7. The first-order valence-electron chi connectivity index (χ1n) is 5.70. The van der Waals surface area contributed by atoms with E-state index in [9.17, 15) is 4.79 Å². The number of carbonyl (C=O) groups is 1. The van der Waals surface area contributed by atoms with Crippen molar-refractivity contribution in [1.29, 1.82) is 0 Å². The Hall–Kier alpha value is -1.77. The van der Waals surface area contributed by atoms with Gasteiger partial charge in [0.15, 0.2) is 6.29 Å². The molecule has 0 bridgehead atoms. The summed E-state index contributed by atoms with van der Waals surface area (Å²) in [5, 5.41) is 0. The smallest absolute Gasteiger partial charge is 0.153 e. The number of rotatable bonds is 3. The van der Waals surface area contributed by atoms with Crippen molar-refractivity contribution < 1.29 is 14.3 Å². The molecule has 1 aliphatic rings. The summed E-state index contributed by atoms with van der Waals surface area (Å²) in [6, 6.07) is 3.54. The Bertz CT molecular complexity index is 473. The third kappa shape index (κ3) is 2.18. The Morgan fingerprint density at radius 2 is 2.18 bits per heavy atom. The second-order valence-corrected chi connectivity index (χ2v) is 4.49. The van der Waals surface area contributed by atoms with Crippen LogP contribution in [0.2, 0.25) is 0 Å². The monoisotopic (exact) mass is 232 g/mol. The summed E-state index contributed by atoms with van der Waals surface area (Å²) in [6.07, 6.45) is 4.72. The number of aldehydes is 1. The first-order valence-corrected chi connectivity index (χ1v) is 5.70. The van der Waals surface area contributed by atoms with Crippen LogP contribution in [0.3, 0.4) is 0 Å². The molecule has 17 heavy (non-hydrogen) atoms. The third-order valence-corrected chi connectivity index (χ3v) is 2.63. The molecular weight excluding hydrogens is 216 g/mol. The average Bonchev–Trinajstić information content (AvgIpc) is 2.28. The molecular formula is C14H16O3. The number of fused-ring (bicyclic) bond motifs is 1. The molecule has 0 unspecified atom stereocenters. The maximum absolute atomic E-state index is 11.0. The number of benzene rings is 1. The Kier molecular flexibility index (Phi) is 2.92. The zero-order valence-corrected chi connectivity index (χ0v) is 10.3. The van der Waals surface area contributed by atoms with Crippen LogP contribution in [0, 0.1) is 0 Å². The van der Waals surface area contributed by atoms with E-state index in [1.165, 1.54) is 0 Å². The first-order chi connectivity index (χ1) is 8.07. The van der Waals surface area contributed by atoms with Crippen molar-refractivity contribution in [3.05, 3.63) is 29.3 Å². The van der Waals surface area contributed by atoms with Gasteiger partial charge < -0.3 is 9.47 Å². The van der Waals surface area contributed by atoms with Crippen LogP contribution in [0.25, 0.3) is 6.08 Å². The highest BCUT2D eigenvalue weighted by Gasteiger charge is 2.24. The summed E-state index contributed by atoms with van der Waals surface area (Å²) in [7, 11) is 0. The zero-order valence-electron chi connectivity index (χ0n) is 10.3. The minimum atomic E-state index is -0.320. The van der Waals surface area contributed by atoms with Crippen molar-refractivity contribution in [2.45, 2.75) is 26.4 Å². The highest BCUT2D eigenvalue weighted by molar-refractivity contribution is 5.84. The Morgan fingerprint density at radius 3 is 2.82 bits per heavy atom. The predicted octanol–water partition coefficient (Wildman–Crippen LogP) is 3.08. The predicted molar refractivity (Wildman–Crippen MR) is 66.7 cm³/mol. The molecule has 0 amide bonds. The van der Waals surface area contributed by atoms with Crippen LogP contribution < -0.4 is 9.47 Å². The van der Waals surface area contributed by atoms with Crippen molar-refractivity contribution in [1.82, 2.24) is 0 Å². The minimum Gasteiger partial charge on any atom is -0.492 e. The van der Waals surface area contributed by atoms with E-state index < -0.39 is 0 Å². The Morgan fingerprint density at radius 1 is 1.41 bits per heavy atom. The second-order valence-electron chi connectivity index (χ2n) is 4.49. The molecule has 0 aliphatic carbocycles. The molecule has 1 aromatic carbocycles. The van der Waals surface area contributed by atoms with Gasteiger partial charge in [-0.1, -0.05) is 0 Å². The van der Waals surface area contributed by atoms with Gasteiger partial charge in [-0.15, -0.1) is 0 Å². The lowest BCUT2D eigenvalue weighted by Crippen LogP contribution is -2.27.